The summed E-state index contributed by atoms with van der Waals surface area (Å²) in [6.45, 7) is 5.21. The molecule has 19 heteroatoms. The Bertz CT molecular complexity index is 794. The van der Waals surface area contributed by atoms with E-state index < -0.39 is 80.1 Å². The first-order chi connectivity index (χ1) is 20.3. The van der Waals surface area contributed by atoms with E-state index in [1.54, 1.807) is 13.8 Å². The fourth-order valence-corrected chi connectivity index (χ4v) is 4.28. The van der Waals surface area contributed by atoms with E-state index in [4.69, 9.17) is 53.2 Å². The first-order valence-corrected chi connectivity index (χ1v) is 13.4. The van der Waals surface area contributed by atoms with Crippen LogP contribution in [0, 0.1) is 18.4 Å². The van der Waals surface area contributed by atoms with Crippen molar-refractivity contribution in [2.24, 2.45) is 17.6 Å². The van der Waals surface area contributed by atoms with E-state index in [1.807, 2.05) is 0 Å². The van der Waals surface area contributed by atoms with E-state index in [-0.39, 0.29) is 67.3 Å². The molecule has 0 radical (unpaired) electrons. The molecule has 18 nitrogen and oxygen atoms in total. The minimum absolute atomic E-state index is 0. The van der Waals surface area contributed by atoms with Crippen molar-refractivity contribution in [3.8, 4) is 0 Å². The smallest absolute Gasteiger partial charge is 0.527 e. The summed E-state index contributed by atoms with van der Waals surface area (Å²) in [7, 11) is 4.04. The zero-order chi connectivity index (χ0) is 32.9. The molecular formula is C25H46NNaO17. The number of aliphatic hydroxyl groups excluding tert-OH is 7. The summed E-state index contributed by atoms with van der Waals surface area (Å²) in [5.41, 5.74) is 5.25. The Hall–Kier alpha value is -0.260. The van der Waals surface area contributed by atoms with Gasteiger partial charge in [0.05, 0.1) is 37.6 Å². The Kier molecular flexibility index (Phi) is 22.2. The van der Waals surface area contributed by atoms with Crippen LogP contribution >= 0.6 is 0 Å². The maximum Gasteiger partial charge on any atom is 1.00 e. The van der Waals surface area contributed by atoms with Crippen LogP contribution in [0.5, 0.6) is 0 Å². The fraction of sp³-hybridized carbons (Fsp3) is 0.920. The zero-order valence-corrected chi connectivity index (χ0v) is 27.6. The van der Waals surface area contributed by atoms with Gasteiger partial charge in [0, 0.05) is 33.8 Å². The number of ether oxygens (including phenoxy) is 8. The predicted octanol–water partition coefficient (Wildman–Crippen LogP) is -7.58. The van der Waals surface area contributed by atoms with E-state index >= 15 is 0 Å². The number of nitrogens with two attached hydrogens (primary N) is 1. The van der Waals surface area contributed by atoms with Crippen LogP contribution < -0.4 is 35.3 Å². The number of carbonyl (C=O) groups excluding carboxylic acids is 2. The van der Waals surface area contributed by atoms with Gasteiger partial charge in [-0.2, -0.15) is 9.59 Å². The van der Waals surface area contributed by atoms with Gasteiger partial charge in [-0.1, -0.05) is 13.8 Å². The minimum Gasteiger partial charge on any atom is -0.527 e. The molecule has 0 aliphatic carbocycles. The van der Waals surface area contributed by atoms with Gasteiger partial charge in [-0.15, -0.1) is 5.92 Å². The van der Waals surface area contributed by atoms with Gasteiger partial charge in [0.2, 0.25) is 0 Å². The molecule has 0 bridgehead atoms. The molecule has 3 fully saturated rings. The van der Waals surface area contributed by atoms with Crippen LogP contribution in [-0.4, -0.2) is 163 Å². The van der Waals surface area contributed by atoms with Crippen molar-refractivity contribution in [3.05, 3.63) is 6.61 Å². The summed E-state index contributed by atoms with van der Waals surface area (Å²) in [4.78, 5) is 16.2. The van der Waals surface area contributed by atoms with Gasteiger partial charge in [-0.3, -0.25) is 0 Å². The van der Waals surface area contributed by atoms with Gasteiger partial charge in [0.1, 0.15) is 30.5 Å². The molecule has 9 N–H and O–H groups in total. The van der Waals surface area contributed by atoms with Gasteiger partial charge in [-0.25, -0.2) is 6.61 Å². The molecular weight excluding hydrogens is 609 g/mol. The fourth-order valence-electron chi connectivity index (χ4n) is 4.28. The number of aliphatic hydroxyl groups is 7. The molecule has 0 aromatic heterocycles. The monoisotopic (exact) mass is 655 g/mol. The van der Waals surface area contributed by atoms with E-state index in [0.717, 1.165) is 0 Å². The normalized spacial score (nSPS) is 41.0. The maximum absolute atomic E-state index is 10.2. The molecule has 3 aliphatic heterocycles. The van der Waals surface area contributed by atoms with Gasteiger partial charge >= 0.3 is 35.7 Å². The Morgan fingerprint density at radius 2 is 1.30 bits per heavy atom. The largest absolute Gasteiger partial charge is 1.00 e. The molecule has 0 aromatic carbocycles. The van der Waals surface area contributed by atoms with Gasteiger partial charge < -0.3 is 79.4 Å². The van der Waals surface area contributed by atoms with Crippen molar-refractivity contribution in [2.75, 3.05) is 41.1 Å². The van der Waals surface area contributed by atoms with Gasteiger partial charge in [0.25, 0.3) is 0 Å². The van der Waals surface area contributed by atoms with Gasteiger partial charge in [-0.05, 0) is 0 Å². The Morgan fingerprint density at radius 1 is 0.795 bits per heavy atom. The average Bonchev–Trinajstić information content (AvgIpc) is 3.00. The summed E-state index contributed by atoms with van der Waals surface area (Å²) in [6, 6.07) is 0. The second-order valence-corrected chi connectivity index (χ2v) is 10.0. The maximum atomic E-state index is 10.2. The number of rotatable bonds is 10. The van der Waals surface area contributed by atoms with Gasteiger partial charge in [0.15, 0.2) is 25.2 Å². The predicted molar refractivity (Wildman–Crippen MR) is 138 cm³/mol. The Morgan fingerprint density at radius 3 is 1.82 bits per heavy atom. The van der Waals surface area contributed by atoms with Crippen LogP contribution in [0.2, 0.25) is 0 Å². The quantitative estimate of drug-likeness (QED) is 0.0801. The first-order valence-electron chi connectivity index (χ1n) is 13.4. The second-order valence-electron chi connectivity index (χ2n) is 10.0. The zero-order valence-electron chi connectivity index (χ0n) is 25.6. The molecule has 15 atom stereocenters. The minimum atomic E-state index is -1.39. The van der Waals surface area contributed by atoms with Crippen molar-refractivity contribution in [1.82, 2.24) is 0 Å². The summed E-state index contributed by atoms with van der Waals surface area (Å²) in [5, 5.41) is 68.6. The van der Waals surface area contributed by atoms with E-state index in [2.05, 4.69) is 0 Å². The Labute approximate surface area is 277 Å². The molecule has 15 unspecified atom stereocenters. The number of methoxy groups -OCH3 is 3. The molecule has 0 saturated carbocycles. The molecule has 0 aromatic rings. The summed E-state index contributed by atoms with van der Waals surface area (Å²) in [5.74, 6) is -0.662. The molecule has 254 valence electrons. The SMILES string of the molecule is COC1OC(COCC(O)CN)C(C)C(O)C1O.COC1OC(OC)C(OC2O[CH-]C(C)C(O)C2O)C(O)C1O.O=C=O.[Na+]. The number of hydrogen-bond donors (Lipinski definition) is 8. The first kappa shape index (κ1) is 43.7. The summed E-state index contributed by atoms with van der Waals surface area (Å²) in [6.07, 6.45) is -13.4. The van der Waals surface area contributed by atoms with Crippen LogP contribution in [0.25, 0.3) is 0 Å². The van der Waals surface area contributed by atoms with Crippen molar-refractivity contribution < 1.29 is 113 Å². The molecule has 0 amide bonds. The topological polar surface area (TPSA) is 276 Å². The number of hydrogen-bond acceptors (Lipinski definition) is 18. The molecule has 0 spiro atoms. The second kappa shape index (κ2) is 22.3. The van der Waals surface area contributed by atoms with Crippen LogP contribution in [0.3, 0.4) is 0 Å². The Balaban J connectivity index is 0.000000768. The van der Waals surface area contributed by atoms with Crippen molar-refractivity contribution in [1.29, 1.82) is 0 Å². The summed E-state index contributed by atoms with van der Waals surface area (Å²) >= 11 is 0. The van der Waals surface area contributed by atoms with Crippen molar-refractivity contribution >= 4 is 6.15 Å². The molecule has 3 aliphatic rings. The van der Waals surface area contributed by atoms with E-state index in [1.165, 1.54) is 27.9 Å². The molecule has 3 saturated heterocycles. The molecule has 44 heavy (non-hydrogen) atoms. The van der Waals surface area contributed by atoms with E-state index in [9.17, 15) is 35.7 Å². The molecule has 3 heterocycles. The average molecular weight is 656 g/mol. The third-order valence-electron chi connectivity index (χ3n) is 7.01. The van der Waals surface area contributed by atoms with Crippen LogP contribution in [0.15, 0.2) is 0 Å². The van der Waals surface area contributed by atoms with E-state index in [0.29, 0.717) is 0 Å². The van der Waals surface area contributed by atoms with Crippen molar-refractivity contribution in [3.63, 3.8) is 0 Å². The third kappa shape index (κ3) is 12.4. The van der Waals surface area contributed by atoms with Crippen molar-refractivity contribution in [2.45, 2.75) is 93.9 Å². The van der Waals surface area contributed by atoms with Crippen LogP contribution in [-0.2, 0) is 47.5 Å². The third-order valence-corrected chi connectivity index (χ3v) is 7.01. The standard InChI is InChI=1S/C13H23O9.C11H23NO6.CO2.Na/c1-5-4-20-12(8(16)6(5)14)21-10-7(15)9(17)11(18-2)22-13(10)19-3;1-6-8(5-17-4-7(13)3-12)18-11(16-2)10(15)9(6)14;2-1-3;/h4-17H,1-3H3;6-11,13-15H,3-5,12H2,1-2H3;;/q-1;;;+1. The molecule has 3 rings (SSSR count). The van der Waals surface area contributed by atoms with Crippen LogP contribution in [0.1, 0.15) is 13.8 Å². The van der Waals surface area contributed by atoms with Crippen LogP contribution in [0.4, 0.5) is 0 Å². The summed E-state index contributed by atoms with van der Waals surface area (Å²) < 4.78 is 41.7.